The van der Waals surface area contributed by atoms with E-state index in [9.17, 15) is 8.78 Å². The molecule has 0 radical (unpaired) electrons. The van der Waals surface area contributed by atoms with Gasteiger partial charge in [-0.1, -0.05) is 29.8 Å². The standard InChI is InChI=1S/C20H19ClF2N4O.HI/c1-24-20(26-11-13-8-9-25-17-5-3-2-4-16(13)17)27-12-14-10-15(21)6-7-18(14)28-19(22)23;/h2-10,19H,11-12H2,1H3,(H2,24,26,27);1H. The largest absolute Gasteiger partial charge is 0.434 e. The van der Waals surface area contributed by atoms with Crippen molar-refractivity contribution in [1.29, 1.82) is 0 Å². The number of halogens is 4. The zero-order chi connectivity index (χ0) is 19.9. The maximum absolute atomic E-state index is 12.6. The van der Waals surface area contributed by atoms with Crippen molar-refractivity contribution >= 4 is 52.4 Å². The van der Waals surface area contributed by atoms with E-state index in [1.165, 1.54) is 12.1 Å². The molecular formula is C20H20ClF2IN4O. The molecule has 0 aliphatic carbocycles. The molecule has 0 unspecified atom stereocenters. The second-order valence-corrected chi connectivity index (χ2v) is 6.33. The van der Waals surface area contributed by atoms with E-state index in [4.69, 9.17) is 11.6 Å². The topological polar surface area (TPSA) is 58.5 Å². The minimum Gasteiger partial charge on any atom is -0.434 e. The normalized spacial score (nSPS) is 11.3. The minimum absolute atomic E-state index is 0. The summed E-state index contributed by atoms with van der Waals surface area (Å²) < 4.78 is 29.7. The molecule has 0 saturated carbocycles. The number of rotatable bonds is 6. The maximum Gasteiger partial charge on any atom is 0.387 e. The number of nitrogens with zero attached hydrogens (tertiary/aromatic N) is 2. The van der Waals surface area contributed by atoms with Crippen LogP contribution in [0.1, 0.15) is 11.1 Å². The summed E-state index contributed by atoms with van der Waals surface area (Å²) in [6, 6.07) is 14.3. The smallest absolute Gasteiger partial charge is 0.387 e. The Morgan fingerprint density at radius 2 is 1.83 bits per heavy atom. The molecule has 5 nitrogen and oxygen atoms in total. The first-order valence-corrected chi connectivity index (χ1v) is 8.95. The number of ether oxygens (including phenoxy) is 1. The molecule has 0 fully saturated rings. The minimum atomic E-state index is -2.91. The number of nitrogens with one attached hydrogen (secondary N) is 2. The fourth-order valence-electron chi connectivity index (χ4n) is 2.78. The number of hydrogen-bond donors (Lipinski definition) is 2. The number of aromatic nitrogens is 1. The molecular weight excluding hydrogens is 513 g/mol. The van der Waals surface area contributed by atoms with Crippen LogP contribution in [0.15, 0.2) is 59.7 Å². The van der Waals surface area contributed by atoms with Crippen molar-refractivity contribution in [3.63, 3.8) is 0 Å². The lowest BCUT2D eigenvalue weighted by molar-refractivity contribution is -0.0504. The molecule has 0 aliphatic heterocycles. The van der Waals surface area contributed by atoms with Crippen LogP contribution in [0.4, 0.5) is 8.78 Å². The quantitative estimate of drug-likeness (QED) is 0.267. The highest BCUT2D eigenvalue weighted by Crippen LogP contribution is 2.24. The van der Waals surface area contributed by atoms with Gasteiger partial charge in [0.25, 0.3) is 0 Å². The lowest BCUT2D eigenvalue weighted by Gasteiger charge is -2.15. The monoisotopic (exact) mass is 532 g/mol. The van der Waals surface area contributed by atoms with Crippen molar-refractivity contribution in [2.75, 3.05) is 7.05 Å². The molecule has 0 amide bonds. The number of para-hydroxylation sites is 1. The van der Waals surface area contributed by atoms with Crippen LogP contribution in [0.2, 0.25) is 5.02 Å². The molecule has 0 aliphatic rings. The fourth-order valence-corrected chi connectivity index (χ4v) is 2.98. The molecule has 0 spiro atoms. The van der Waals surface area contributed by atoms with Crippen molar-refractivity contribution in [2.45, 2.75) is 19.7 Å². The van der Waals surface area contributed by atoms with Gasteiger partial charge in [-0.2, -0.15) is 8.78 Å². The highest BCUT2D eigenvalue weighted by molar-refractivity contribution is 14.0. The predicted molar refractivity (Wildman–Crippen MR) is 122 cm³/mol. The number of aliphatic imine (C=N–C) groups is 1. The number of alkyl halides is 2. The SMILES string of the molecule is CN=C(NCc1cc(Cl)ccc1OC(F)F)NCc1ccnc2ccccc12.I. The highest BCUT2D eigenvalue weighted by Gasteiger charge is 2.11. The van der Waals surface area contributed by atoms with Crippen LogP contribution in [0, 0.1) is 0 Å². The second-order valence-electron chi connectivity index (χ2n) is 5.90. The zero-order valence-corrected chi connectivity index (χ0v) is 18.6. The van der Waals surface area contributed by atoms with Crippen molar-refractivity contribution in [1.82, 2.24) is 15.6 Å². The van der Waals surface area contributed by atoms with Gasteiger partial charge >= 0.3 is 6.61 Å². The lowest BCUT2D eigenvalue weighted by atomic mass is 10.1. The van der Waals surface area contributed by atoms with E-state index in [0.29, 0.717) is 23.1 Å². The molecule has 3 rings (SSSR count). The van der Waals surface area contributed by atoms with Crippen molar-refractivity contribution in [3.8, 4) is 5.75 Å². The summed E-state index contributed by atoms with van der Waals surface area (Å²) >= 11 is 5.98. The summed E-state index contributed by atoms with van der Waals surface area (Å²) in [5.41, 5.74) is 2.49. The molecule has 154 valence electrons. The molecule has 1 heterocycles. The van der Waals surface area contributed by atoms with Gasteiger partial charge in [-0.05, 0) is 35.9 Å². The van der Waals surface area contributed by atoms with Crippen LogP contribution in [0.25, 0.3) is 10.9 Å². The fraction of sp³-hybridized carbons (Fsp3) is 0.200. The van der Waals surface area contributed by atoms with Gasteiger partial charge in [0, 0.05) is 42.3 Å². The highest BCUT2D eigenvalue weighted by atomic mass is 127. The van der Waals surface area contributed by atoms with E-state index in [2.05, 4.69) is 25.3 Å². The first-order valence-electron chi connectivity index (χ1n) is 8.57. The Kier molecular flexibility index (Phi) is 8.84. The van der Waals surface area contributed by atoms with Crippen molar-refractivity contribution in [3.05, 3.63) is 70.9 Å². The van der Waals surface area contributed by atoms with E-state index in [1.54, 1.807) is 19.3 Å². The summed E-state index contributed by atoms with van der Waals surface area (Å²) in [6.45, 7) is -2.16. The van der Waals surface area contributed by atoms with Crippen LogP contribution in [0.5, 0.6) is 5.75 Å². The van der Waals surface area contributed by atoms with E-state index in [0.717, 1.165) is 16.5 Å². The van der Waals surface area contributed by atoms with Crippen molar-refractivity contribution < 1.29 is 13.5 Å². The number of hydrogen-bond acceptors (Lipinski definition) is 3. The molecule has 1 aromatic heterocycles. The summed E-state index contributed by atoms with van der Waals surface area (Å²) in [7, 11) is 1.63. The average molecular weight is 533 g/mol. The van der Waals surface area contributed by atoms with Crippen LogP contribution >= 0.6 is 35.6 Å². The zero-order valence-electron chi connectivity index (χ0n) is 15.5. The Balaban J connectivity index is 0.00000300. The molecule has 29 heavy (non-hydrogen) atoms. The first-order chi connectivity index (χ1) is 13.6. The summed E-state index contributed by atoms with van der Waals surface area (Å²) in [6.07, 6.45) is 1.76. The molecule has 2 aromatic carbocycles. The van der Waals surface area contributed by atoms with E-state index in [1.807, 2.05) is 30.3 Å². The van der Waals surface area contributed by atoms with Crippen LogP contribution in [-0.2, 0) is 13.1 Å². The second kappa shape index (κ2) is 11.1. The molecule has 3 aromatic rings. The Hall–Kier alpha value is -2.20. The van der Waals surface area contributed by atoms with Crippen molar-refractivity contribution in [2.24, 2.45) is 4.99 Å². The summed E-state index contributed by atoms with van der Waals surface area (Å²) in [5.74, 6) is 0.589. The van der Waals surface area contributed by atoms with Gasteiger partial charge in [-0.25, -0.2) is 0 Å². The maximum atomic E-state index is 12.6. The van der Waals surface area contributed by atoms with Gasteiger partial charge in [0.1, 0.15) is 5.75 Å². The van der Waals surface area contributed by atoms with Crippen LogP contribution < -0.4 is 15.4 Å². The van der Waals surface area contributed by atoms with Gasteiger partial charge < -0.3 is 15.4 Å². The summed E-state index contributed by atoms with van der Waals surface area (Å²) in [4.78, 5) is 8.51. The van der Waals surface area contributed by atoms with Gasteiger partial charge in [-0.3, -0.25) is 9.98 Å². The van der Waals surface area contributed by atoms with E-state index >= 15 is 0 Å². The number of pyridine rings is 1. The van der Waals surface area contributed by atoms with Crippen LogP contribution in [-0.4, -0.2) is 24.6 Å². The predicted octanol–water partition coefficient (Wildman–Crippen LogP) is 4.97. The number of benzene rings is 2. The summed E-state index contributed by atoms with van der Waals surface area (Å²) in [5, 5.41) is 7.78. The molecule has 0 bridgehead atoms. The Morgan fingerprint density at radius 3 is 2.55 bits per heavy atom. The van der Waals surface area contributed by atoms with Gasteiger partial charge in [-0.15, -0.1) is 24.0 Å². The van der Waals surface area contributed by atoms with Gasteiger partial charge in [0.2, 0.25) is 0 Å². The number of fused-ring (bicyclic) bond motifs is 1. The number of guanidine groups is 1. The van der Waals surface area contributed by atoms with Gasteiger partial charge in [0.15, 0.2) is 5.96 Å². The third-order valence-corrected chi connectivity index (χ3v) is 4.33. The molecule has 9 heteroatoms. The Morgan fingerprint density at radius 1 is 1.10 bits per heavy atom. The van der Waals surface area contributed by atoms with E-state index in [-0.39, 0.29) is 36.3 Å². The third kappa shape index (κ3) is 6.40. The first kappa shape index (κ1) is 23.1. The average Bonchev–Trinajstić information content (AvgIpc) is 2.69. The lowest BCUT2D eigenvalue weighted by Crippen LogP contribution is -2.36. The molecule has 0 saturated heterocycles. The molecule has 0 atom stereocenters. The Bertz CT molecular complexity index is 982. The van der Waals surface area contributed by atoms with Gasteiger partial charge in [0.05, 0.1) is 5.52 Å². The van der Waals surface area contributed by atoms with E-state index < -0.39 is 6.61 Å². The third-order valence-electron chi connectivity index (χ3n) is 4.09. The molecule has 2 N–H and O–H groups in total. The Labute approximate surface area is 189 Å². The van der Waals surface area contributed by atoms with Crippen LogP contribution in [0.3, 0.4) is 0 Å².